The van der Waals surface area contributed by atoms with Crippen LogP contribution in [0.5, 0.6) is 5.75 Å². The number of ether oxygens (including phenoxy) is 1. The van der Waals surface area contributed by atoms with E-state index in [4.69, 9.17) is 0 Å². The number of halogens is 5. The summed E-state index contributed by atoms with van der Waals surface area (Å²) in [7, 11) is -0.131. The van der Waals surface area contributed by atoms with E-state index < -0.39 is 23.7 Å². The second kappa shape index (κ2) is 12.1. The van der Waals surface area contributed by atoms with Gasteiger partial charge in [0.05, 0.1) is 5.56 Å². The van der Waals surface area contributed by atoms with Gasteiger partial charge in [-0.2, -0.15) is 0 Å². The van der Waals surface area contributed by atoms with Crippen molar-refractivity contribution in [2.45, 2.75) is 95.1 Å². The maximum atomic E-state index is 15.0. The zero-order valence-corrected chi connectivity index (χ0v) is 22.0. The fourth-order valence-electron chi connectivity index (χ4n) is 6.25. The number of alkyl halides is 3. The molecule has 1 saturated carbocycles. The molecule has 2 fully saturated rings. The predicted molar refractivity (Wildman–Crippen MR) is 136 cm³/mol. The largest absolute Gasteiger partial charge is 0.573 e. The summed E-state index contributed by atoms with van der Waals surface area (Å²) in [6.07, 6.45) is 6.17. The minimum absolute atomic E-state index is 0.131. The van der Waals surface area contributed by atoms with Crippen molar-refractivity contribution in [2.24, 2.45) is 11.8 Å². The SMILES string of the molecule is CCCCC[Si]1CCC(C2CCC(c3cc(F)c(-c4ccc(OC(F)(F)F)cc4)c(F)c3)CC2)CC1. The molecule has 0 amide bonds. The highest BCUT2D eigenvalue weighted by atomic mass is 28.3. The average molecular weight is 524 g/mol. The molecule has 0 atom stereocenters. The molecule has 2 aliphatic rings. The van der Waals surface area contributed by atoms with Crippen molar-refractivity contribution >= 4 is 8.80 Å². The van der Waals surface area contributed by atoms with Gasteiger partial charge >= 0.3 is 6.36 Å². The van der Waals surface area contributed by atoms with Crippen LogP contribution in [0.2, 0.25) is 18.1 Å². The summed E-state index contributed by atoms with van der Waals surface area (Å²) in [6, 6.07) is 11.8. The van der Waals surface area contributed by atoms with E-state index in [1.807, 2.05) is 0 Å². The predicted octanol–water partition coefficient (Wildman–Crippen LogP) is 9.90. The van der Waals surface area contributed by atoms with Gasteiger partial charge in [0, 0.05) is 8.80 Å². The van der Waals surface area contributed by atoms with Crippen LogP contribution >= 0.6 is 0 Å². The topological polar surface area (TPSA) is 9.23 Å². The lowest BCUT2D eigenvalue weighted by molar-refractivity contribution is -0.274. The van der Waals surface area contributed by atoms with Crippen LogP contribution in [-0.4, -0.2) is 15.2 Å². The summed E-state index contributed by atoms with van der Waals surface area (Å²) in [4.78, 5) is 0. The first kappa shape index (κ1) is 27.1. The lowest BCUT2D eigenvalue weighted by atomic mass is 9.72. The van der Waals surface area contributed by atoms with Crippen molar-refractivity contribution in [3.8, 4) is 16.9 Å². The summed E-state index contributed by atoms with van der Waals surface area (Å²) in [5, 5.41) is 0. The van der Waals surface area contributed by atoms with Gasteiger partial charge in [-0.25, -0.2) is 8.78 Å². The van der Waals surface area contributed by atoms with Crippen molar-refractivity contribution < 1.29 is 26.7 Å². The molecule has 1 radical (unpaired) electrons. The van der Waals surface area contributed by atoms with Gasteiger partial charge in [0.1, 0.15) is 17.4 Å². The molecule has 7 heteroatoms. The summed E-state index contributed by atoms with van der Waals surface area (Å²) in [6.45, 7) is 2.26. The summed E-state index contributed by atoms with van der Waals surface area (Å²) in [5.74, 6) is -0.0626. The minimum Gasteiger partial charge on any atom is -0.406 e. The highest BCUT2D eigenvalue weighted by Gasteiger charge is 2.33. The third kappa shape index (κ3) is 7.11. The third-order valence-corrected chi connectivity index (χ3v) is 11.3. The van der Waals surface area contributed by atoms with Gasteiger partial charge in [-0.3, -0.25) is 0 Å². The van der Waals surface area contributed by atoms with E-state index in [2.05, 4.69) is 11.7 Å². The molecule has 2 aromatic carbocycles. The van der Waals surface area contributed by atoms with Crippen LogP contribution < -0.4 is 4.74 Å². The van der Waals surface area contributed by atoms with Crippen LogP contribution in [0.1, 0.15) is 76.2 Å². The lowest BCUT2D eigenvalue weighted by Gasteiger charge is -2.37. The molecule has 0 spiro atoms. The van der Waals surface area contributed by atoms with Crippen LogP contribution in [0.15, 0.2) is 36.4 Å². The number of hydrogen-bond acceptors (Lipinski definition) is 1. The Morgan fingerprint density at radius 3 is 1.97 bits per heavy atom. The highest BCUT2D eigenvalue weighted by Crippen LogP contribution is 2.44. The highest BCUT2D eigenvalue weighted by molar-refractivity contribution is 6.58. The molecule has 1 heterocycles. The monoisotopic (exact) mass is 523 g/mol. The summed E-state index contributed by atoms with van der Waals surface area (Å²) < 4.78 is 70.9. The lowest BCUT2D eigenvalue weighted by Crippen LogP contribution is -2.28. The van der Waals surface area contributed by atoms with Crippen LogP contribution in [0.4, 0.5) is 22.0 Å². The zero-order valence-electron chi connectivity index (χ0n) is 21.0. The Kier molecular flexibility index (Phi) is 9.13. The first-order valence-corrected chi connectivity index (χ1v) is 15.5. The second-order valence-electron chi connectivity index (χ2n) is 10.6. The smallest absolute Gasteiger partial charge is 0.406 e. The number of benzene rings is 2. The Morgan fingerprint density at radius 1 is 0.833 bits per heavy atom. The Morgan fingerprint density at radius 2 is 1.42 bits per heavy atom. The molecule has 0 aromatic heterocycles. The van der Waals surface area contributed by atoms with E-state index in [0.29, 0.717) is 5.56 Å². The van der Waals surface area contributed by atoms with Crippen molar-refractivity contribution in [1.82, 2.24) is 0 Å². The van der Waals surface area contributed by atoms with Crippen molar-refractivity contribution in [3.05, 3.63) is 53.6 Å². The van der Waals surface area contributed by atoms with E-state index >= 15 is 0 Å². The van der Waals surface area contributed by atoms with E-state index in [-0.39, 0.29) is 25.8 Å². The Labute approximate surface area is 213 Å². The number of unbranched alkanes of at least 4 members (excludes halogenated alkanes) is 2. The molecule has 4 rings (SSSR count). The maximum absolute atomic E-state index is 15.0. The molecular weight excluding hydrogens is 487 g/mol. The fourth-order valence-corrected chi connectivity index (χ4v) is 9.30. The summed E-state index contributed by atoms with van der Waals surface area (Å²) >= 11 is 0. The van der Waals surface area contributed by atoms with Gasteiger partial charge < -0.3 is 4.74 Å². The van der Waals surface area contributed by atoms with Crippen LogP contribution in [0.25, 0.3) is 11.1 Å². The van der Waals surface area contributed by atoms with E-state index in [1.54, 1.807) is 0 Å². The minimum atomic E-state index is -4.81. The Bertz CT molecular complexity index is 951. The average Bonchev–Trinajstić information content (AvgIpc) is 2.84. The molecule has 0 unspecified atom stereocenters. The molecule has 1 nitrogen and oxygen atoms in total. The van der Waals surface area contributed by atoms with Gasteiger partial charge in [0.2, 0.25) is 0 Å². The quantitative estimate of drug-likeness (QED) is 0.190. The number of rotatable bonds is 8. The van der Waals surface area contributed by atoms with Crippen LogP contribution in [-0.2, 0) is 0 Å². The van der Waals surface area contributed by atoms with Gasteiger partial charge in [-0.15, -0.1) is 13.2 Å². The zero-order chi connectivity index (χ0) is 25.7. The first-order chi connectivity index (χ1) is 17.2. The van der Waals surface area contributed by atoms with E-state index in [1.165, 1.54) is 74.5 Å². The molecule has 1 saturated heterocycles. The van der Waals surface area contributed by atoms with E-state index in [9.17, 15) is 22.0 Å². The van der Waals surface area contributed by atoms with Crippen LogP contribution in [0.3, 0.4) is 0 Å². The maximum Gasteiger partial charge on any atom is 0.573 e. The molecule has 2 aromatic rings. The van der Waals surface area contributed by atoms with Crippen molar-refractivity contribution in [3.63, 3.8) is 0 Å². The van der Waals surface area contributed by atoms with Crippen molar-refractivity contribution in [2.75, 3.05) is 0 Å². The Hall–Kier alpha value is -1.89. The molecule has 36 heavy (non-hydrogen) atoms. The van der Waals surface area contributed by atoms with Gasteiger partial charge in [-0.1, -0.05) is 69.3 Å². The molecule has 0 bridgehead atoms. The molecular formula is C29H36F5OSi. The van der Waals surface area contributed by atoms with E-state index in [0.717, 1.165) is 49.7 Å². The van der Waals surface area contributed by atoms with Gasteiger partial charge in [0.15, 0.2) is 0 Å². The normalized spacial score (nSPS) is 22.1. The third-order valence-electron chi connectivity index (χ3n) is 8.22. The summed E-state index contributed by atoms with van der Waals surface area (Å²) in [5.41, 5.74) is 0.654. The van der Waals surface area contributed by atoms with Crippen molar-refractivity contribution in [1.29, 1.82) is 0 Å². The molecule has 1 aliphatic carbocycles. The molecule has 197 valence electrons. The molecule has 0 N–H and O–H groups in total. The fraction of sp³-hybridized carbons (Fsp3) is 0.586. The second-order valence-corrected chi connectivity index (χ2v) is 13.6. The Balaban J connectivity index is 1.33. The first-order valence-electron chi connectivity index (χ1n) is 13.4. The van der Waals surface area contributed by atoms with Gasteiger partial charge in [0.25, 0.3) is 0 Å². The van der Waals surface area contributed by atoms with Crippen LogP contribution in [0, 0.1) is 23.5 Å². The number of hydrogen-bond donors (Lipinski definition) is 0. The van der Waals surface area contributed by atoms with Gasteiger partial charge in [-0.05, 0) is 78.8 Å². The standard InChI is InChI=1S/C29H36F5OSi/c1-2-3-4-15-36-16-13-22(14-17-36)20-5-7-21(8-6-20)24-18-26(30)28(27(31)19-24)23-9-11-25(12-10-23)35-29(32,33)34/h9-12,18-22H,2-8,13-17H2,1H3. The molecule has 1 aliphatic heterocycles.